The minimum absolute atomic E-state index is 0.222. The number of esters is 1. The van der Waals surface area contributed by atoms with Gasteiger partial charge in [-0.25, -0.2) is 4.98 Å². The maximum Gasteiger partial charge on any atom is 0.311 e. The summed E-state index contributed by atoms with van der Waals surface area (Å²) >= 11 is 1.37. The van der Waals surface area contributed by atoms with E-state index >= 15 is 0 Å². The fourth-order valence-electron chi connectivity index (χ4n) is 2.14. The third kappa shape index (κ3) is 3.80. The molecule has 0 atom stereocenters. The molecule has 3 aromatic rings. The van der Waals surface area contributed by atoms with Gasteiger partial charge in [0.25, 0.3) is 0 Å². The molecule has 0 spiro atoms. The first-order chi connectivity index (χ1) is 11.7. The van der Waals surface area contributed by atoms with E-state index in [9.17, 15) is 4.79 Å². The number of ether oxygens (including phenoxy) is 1. The number of furan rings is 1. The normalized spacial score (nSPS) is 11.7. The molecule has 2 heterocycles. The Morgan fingerprint density at radius 1 is 1.42 bits per heavy atom. The van der Waals surface area contributed by atoms with Crippen molar-refractivity contribution in [2.45, 2.75) is 20.3 Å². The molecule has 7 heteroatoms. The van der Waals surface area contributed by atoms with Crippen molar-refractivity contribution in [1.82, 2.24) is 4.98 Å². The Labute approximate surface area is 143 Å². The van der Waals surface area contributed by atoms with Gasteiger partial charge in [-0.1, -0.05) is 29.5 Å². The maximum absolute atomic E-state index is 11.5. The molecule has 1 aromatic carbocycles. The Kier molecular flexibility index (Phi) is 4.90. The molecule has 0 aliphatic rings. The fraction of sp³-hybridized carbons (Fsp3) is 0.235. The van der Waals surface area contributed by atoms with Gasteiger partial charge in [0.1, 0.15) is 11.3 Å². The SMILES string of the molecule is CCOC(=O)Cc1cnc(N/N=C(\C)c2cc3ccccc3o2)s1. The fourth-order valence-corrected chi connectivity index (χ4v) is 2.88. The topological polar surface area (TPSA) is 76.7 Å². The van der Waals surface area contributed by atoms with Crippen molar-refractivity contribution in [2.24, 2.45) is 5.10 Å². The standard InChI is InChI=1S/C17H17N3O3S/c1-3-22-16(21)9-13-10-18-17(24-13)20-19-11(2)15-8-12-6-4-5-7-14(12)23-15/h4-8,10H,3,9H2,1-2H3,(H,18,20)/b19-11+. The van der Waals surface area contributed by atoms with Crippen molar-refractivity contribution in [3.63, 3.8) is 0 Å². The molecule has 0 unspecified atom stereocenters. The number of nitrogens with zero attached hydrogens (tertiary/aromatic N) is 2. The third-order valence-electron chi connectivity index (χ3n) is 3.28. The zero-order chi connectivity index (χ0) is 16.9. The number of para-hydroxylation sites is 1. The second kappa shape index (κ2) is 7.27. The Bertz CT molecular complexity index is 849. The number of thiazole rings is 1. The lowest BCUT2D eigenvalue weighted by molar-refractivity contribution is -0.142. The van der Waals surface area contributed by atoms with Gasteiger partial charge in [0.2, 0.25) is 5.13 Å². The van der Waals surface area contributed by atoms with E-state index in [1.54, 1.807) is 13.1 Å². The largest absolute Gasteiger partial charge is 0.466 e. The van der Waals surface area contributed by atoms with Crippen LogP contribution in [-0.4, -0.2) is 23.3 Å². The van der Waals surface area contributed by atoms with Gasteiger partial charge in [-0.05, 0) is 26.0 Å². The van der Waals surface area contributed by atoms with Gasteiger partial charge < -0.3 is 9.15 Å². The molecule has 0 saturated heterocycles. The molecule has 6 nitrogen and oxygen atoms in total. The highest BCUT2D eigenvalue weighted by molar-refractivity contribution is 7.15. The van der Waals surface area contributed by atoms with Gasteiger partial charge in [0.05, 0.1) is 13.0 Å². The van der Waals surface area contributed by atoms with E-state index in [2.05, 4.69) is 15.5 Å². The summed E-state index contributed by atoms with van der Waals surface area (Å²) in [7, 11) is 0. The monoisotopic (exact) mass is 343 g/mol. The van der Waals surface area contributed by atoms with Crippen molar-refractivity contribution < 1.29 is 13.9 Å². The molecule has 124 valence electrons. The molecule has 0 aliphatic carbocycles. The molecule has 3 rings (SSSR count). The van der Waals surface area contributed by atoms with E-state index in [-0.39, 0.29) is 12.4 Å². The molecule has 1 N–H and O–H groups in total. The summed E-state index contributed by atoms with van der Waals surface area (Å²) in [6, 6.07) is 9.76. The van der Waals surface area contributed by atoms with Crippen molar-refractivity contribution in [2.75, 3.05) is 12.0 Å². The van der Waals surface area contributed by atoms with E-state index in [1.807, 2.05) is 37.3 Å². The molecule has 0 saturated carbocycles. The average molecular weight is 343 g/mol. The van der Waals surface area contributed by atoms with Crippen LogP contribution in [0.4, 0.5) is 5.13 Å². The van der Waals surface area contributed by atoms with Crippen LogP contribution in [0.25, 0.3) is 11.0 Å². The van der Waals surface area contributed by atoms with Crippen molar-refractivity contribution in [3.8, 4) is 0 Å². The van der Waals surface area contributed by atoms with Crippen LogP contribution >= 0.6 is 11.3 Å². The number of anilines is 1. The molecule has 24 heavy (non-hydrogen) atoms. The number of hydrogen-bond acceptors (Lipinski definition) is 7. The Morgan fingerprint density at radius 3 is 3.04 bits per heavy atom. The van der Waals surface area contributed by atoms with Crippen molar-refractivity contribution in [1.29, 1.82) is 0 Å². The zero-order valence-electron chi connectivity index (χ0n) is 13.4. The molecular weight excluding hydrogens is 326 g/mol. The van der Waals surface area contributed by atoms with E-state index in [0.717, 1.165) is 15.8 Å². The number of benzene rings is 1. The minimum Gasteiger partial charge on any atom is -0.466 e. The summed E-state index contributed by atoms with van der Waals surface area (Å²) in [4.78, 5) is 16.5. The van der Waals surface area contributed by atoms with Crippen LogP contribution in [0.1, 0.15) is 24.5 Å². The number of aromatic nitrogens is 1. The van der Waals surface area contributed by atoms with Gasteiger partial charge in [0, 0.05) is 16.5 Å². The second-order valence-corrected chi connectivity index (χ2v) is 6.19. The first-order valence-electron chi connectivity index (χ1n) is 7.55. The van der Waals surface area contributed by atoms with Crippen LogP contribution in [0.5, 0.6) is 0 Å². The number of hydrogen-bond donors (Lipinski definition) is 1. The summed E-state index contributed by atoms with van der Waals surface area (Å²) in [5.41, 5.74) is 4.44. The van der Waals surface area contributed by atoms with Crippen molar-refractivity contribution in [3.05, 3.63) is 47.2 Å². The number of rotatable bonds is 6. The lowest BCUT2D eigenvalue weighted by Crippen LogP contribution is -2.06. The summed E-state index contributed by atoms with van der Waals surface area (Å²) in [6.45, 7) is 4.02. The quantitative estimate of drug-likeness (QED) is 0.418. The van der Waals surface area contributed by atoms with Crippen molar-refractivity contribution >= 4 is 39.1 Å². The van der Waals surface area contributed by atoms with Crippen LogP contribution < -0.4 is 5.43 Å². The third-order valence-corrected chi connectivity index (χ3v) is 4.18. The maximum atomic E-state index is 11.5. The lowest BCUT2D eigenvalue weighted by atomic mass is 10.2. The summed E-state index contributed by atoms with van der Waals surface area (Å²) in [5.74, 6) is 0.446. The first-order valence-corrected chi connectivity index (χ1v) is 8.37. The van der Waals surface area contributed by atoms with Crippen LogP contribution in [0.3, 0.4) is 0 Å². The zero-order valence-corrected chi connectivity index (χ0v) is 14.2. The summed E-state index contributed by atoms with van der Waals surface area (Å²) in [6.07, 6.45) is 1.87. The Balaban J connectivity index is 1.66. The minimum atomic E-state index is -0.255. The van der Waals surface area contributed by atoms with Crippen LogP contribution in [-0.2, 0) is 16.0 Å². The van der Waals surface area contributed by atoms with Gasteiger partial charge in [-0.15, -0.1) is 0 Å². The Morgan fingerprint density at radius 2 is 2.25 bits per heavy atom. The number of carbonyl (C=O) groups excluding carboxylic acids is 1. The van der Waals surface area contributed by atoms with Gasteiger partial charge in [0.15, 0.2) is 5.76 Å². The predicted octanol–water partition coefficient (Wildman–Crippen LogP) is 3.83. The van der Waals surface area contributed by atoms with E-state index < -0.39 is 0 Å². The molecule has 0 aliphatic heterocycles. The first kappa shape index (κ1) is 16.2. The second-order valence-electron chi connectivity index (χ2n) is 5.07. The lowest BCUT2D eigenvalue weighted by Gasteiger charge is -1.98. The summed E-state index contributed by atoms with van der Waals surface area (Å²) < 4.78 is 10.7. The van der Waals surface area contributed by atoms with Crippen LogP contribution in [0.2, 0.25) is 0 Å². The van der Waals surface area contributed by atoms with E-state index in [0.29, 0.717) is 23.2 Å². The van der Waals surface area contributed by atoms with Crippen LogP contribution in [0.15, 0.2) is 46.0 Å². The van der Waals surface area contributed by atoms with Gasteiger partial charge in [-0.2, -0.15) is 5.10 Å². The highest BCUT2D eigenvalue weighted by Gasteiger charge is 2.09. The number of fused-ring (bicyclic) bond motifs is 1. The molecular formula is C17H17N3O3S. The average Bonchev–Trinajstić information content (AvgIpc) is 3.19. The van der Waals surface area contributed by atoms with E-state index in [1.165, 1.54) is 11.3 Å². The molecule has 0 amide bonds. The molecule has 2 aromatic heterocycles. The number of nitrogens with one attached hydrogen (secondary N) is 1. The molecule has 0 fully saturated rings. The highest BCUT2D eigenvalue weighted by Crippen LogP contribution is 2.21. The smallest absolute Gasteiger partial charge is 0.311 e. The number of hydrazone groups is 1. The predicted molar refractivity (Wildman–Crippen MR) is 94.5 cm³/mol. The van der Waals surface area contributed by atoms with E-state index in [4.69, 9.17) is 9.15 Å². The van der Waals surface area contributed by atoms with Gasteiger partial charge >= 0.3 is 5.97 Å². The molecule has 0 radical (unpaired) electrons. The summed E-state index contributed by atoms with van der Waals surface area (Å²) in [5, 5.41) is 5.94. The van der Waals surface area contributed by atoms with Crippen LogP contribution in [0, 0.1) is 0 Å². The van der Waals surface area contributed by atoms with Gasteiger partial charge in [-0.3, -0.25) is 10.2 Å². The highest BCUT2D eigenvalue weighted by atomic mass is 32.1. The number of carbonyl (C=O) groups is 1. The Hall–Kier alpha value is -2.67. The molecule has 0 bridgehead atoms.